The SMILES string of the molecule is CC(C)(C)OC(=O)N1CCC(c2nc3ccccc3cc2[N+](=O)[O-])CC1. The van der Waals surface area contributed by atoms with Gasteiger partial charge in [-0.1, -0.05) is 18.2 Å². The highest BCUT2D eigenvalue weighted by atomic mass is 16.6. The summed E-state index contributed by atoms with van der Waals surface area (Å²) in [5.41, 5.74) is 0.784. The van der Waals surface area contributed by atoms with E-state index in [9.17, 15) is 14.9 Å². The first-order valence-electron chi connectivity index (χ1n) is 8.76. The molecule has 7 nitrogen and oxygen atoms in total. The Balaban J connectivity index is 1.80. The first-order valence-corrected chi connectivity index (χ1v) is 8.76. The van der Waals surface area contributed by atoms with Crippen molar-refractivity contribution in [1.82, 2.24) is 9.88 Å². The molecule has 138 valence electrons. The summed E-state index contributed by atoms with van der Waals surface area (Å²) in [4.78, 5) is 29.6. The maximum absolute atomic E-state index is 12.2. The van der Waals surface area contributed by atoms with E-state index in [0.29, 0.717) is 31.6 Å². The average Bonchev–Trinajstić information content (AvgIpc) is 2.59. The van der Waals surface area contributed by atoms with Crippen molar-refractivity contribution in [3.63, 3.8) is 0 Å². The summed E-state index contributed by atoms with van der Waals surface area (Å²) in [5.74, 6) is -0.0429. The smallest absolute Gasteiger partial charge is 0.410 e. The van der Waals surface area contributed by atoms with E-state index in [1.165, 1.54) is 0 Å². The number of likely N-dealkylation sites (tertiary alicyclic amines) is 1. The number of nitrogens with zero attached hydrogens (tertiary/aromatic N) is 3. The number of nitro groups is 1. The summed E-state index contributed by atoms with van der Waals surface area (Å²) >= 11 is 0. The lowest BCUT2D eigenvalue weighted by Gasteiger charge is -2.33. The van der Waals surface area contributed by atoms with Gasteiger partial charge < -0.3 is 9.64 Å². The van der Waals surface area contributed by atoms with Crippen molar-refractivity contribution in [2.45, 2.75) is 45.1 Å². The Bertz CT molecular complexity index is 836. The summed E-state index contributed by atoms with van der Waals surface area (Å²) in [5, 5.41) is 12.3. The van der Waals surface area contributed by atoms with Gasteiger partial charge >= 0.3 is 6.09 Å². The lowest BCUT2D eigenvalue weighted by atomic mass is 9.91. The van der Waals surface area contributed by atoms with Crippen molar-refractivity contribution < 1.29 is 14.5 Å². The Morgan fingerprint density at radius 2 is 1.92 bits per heavy atom. The Kier molecular flexibility index (Phi) is 4.80. The molecule has 3 rings (SSSR count). The number of carbonyl (C=O) groups is 1. The molecule has 1 aromatic carbocycles. The molecule has 0 atom stereocenters. The third kappa shape index (κ3) is 3.92. The van der Waals surface area contributed by atoms with Crippen LogP contribution in [0.25, 0.3) is 10.9 Å². The minimum Gasteiger partial charge on any atom is -0.444 e. The van der Waals surface area contributed by atoms with Crippen molar-refractivity contribution in [2.75, 3.05) is 13.1 Å². The summed E-state index contributed by atoms with van der Waals surface area (Å²) < 4.78 is 5.40. The molecule has 2 aromatic rings. The second-order valence-electron chi connectivity index (χ2n) is 7.58. The maximum atomic E-state index is 12.2. The van der Waals surface area contributed by atoms with Crippen LogP contribution >= 0.6 is 0 Å². The van der Waals surface area contributed by atoms with E-state index in [4.69, 9.17) is 4.74 Å². The van der Waals surface area contributed by atoms with Crippen LogP contribution in [0.5, 0.6) is 0 Å². The van der Waals surface area contributed by atoms with Crippen molar-refractivity contribution in [2.24, 2.45) is 0 Å². The van der Waals surface area contributed by atoms with Gasteiger partial charge in [0.1, 0.15) is 11.3 Å². The molecule has 7 heteroatoms. The lowest BCUT2D eigenvalue weighted by Crippen LogP contribution is -2.41. The molecule has 0 unspecified atom stereocenters. The molecule has 0 spiro atoms. The molecule has 0 saturated carbocycles. The van der Waals surface area contributed by atoms with Crippen LogP contribution in [-0.4, -0.2) is 39.6 Å². The fourth-order valence-corrected chi connectivity index (χ4v) is 3.23. The number of rotatable bonds is 2. The molecule has 2 heterocycles. The molecular formula is C19H23N3O4. The Morgan fingerprint density at radius 1 is 1.27 bits per heavy atom. The Hall–Kier alpha value is -2.70. The number of carbonyl (C=O) groups excluding carboxylic acids is 1. The summed E-state index contributed by atoms with van der Waals surface area (Å²) in [6, 6.07) is 8.99. The number of piperidine rings is 1. The number of fused-ring (bicyclic) bond motifs is 1. The Morgan fingerprint density at radius 3 is 2.54 bits per heavy atom. The molecule has 1 aromatic heterocycles. The van der Waals surface area contributed by atoms with Gasteiger partial charge in [-0.2, -0.15) is 0 Å². The maximum Gasteiger partial charge on any atom is 0.410 e. The fourth-order valence-electron chi connectivity index (χ4n) is 3.23. The summed E-state index contributed by atoms with van der Waals surface area (Å²) in [7, 11) is 0. The zero-order valence-corrected chi connectivity index (χ0v) is 15.3. The van der Waals surface area contributed by atoms with Crippen LogP contribution in [0.2, 0.25) is 0 Å². The van der Waals surface area contributed by atoms with E-state index in [2.05, 4.69) is 4.98 Å². The van der Waals surface area contributed by atoms with Crippen molar-refractivity contribution in [3.8, 4) is 0 Å². The number of amides is 1. The van der Waals surface area contributed by atoms with Gasteiger partial charge in [0, 0.05) is 30.5 Å². The molecule has 0 N–H and O–H groups in total. The van der Waals surface area contributed by atoms with Crippen LogP contribution in [-0.2, 0) is 4.74 Å². The molecule has 1 saturated heterocycles. The van der Waals surface area contributed by atoms with Gasteiger partial charge in [-0.15, -0.1) is 0 Å². The lowest BCUT2D eigenvalue weighted by molar-refractivity contribution is -0.386. The number of aromatic nitrogens is 1. The van der Waals surface area contributed by atoms with Crippen molar-refractivity contribution >= 4 is 22.7 Å². The van der Waals surface area contributed by atoms with Crippen LogP contribution in [0.1, 0.15) is 45.2 Å². The molecule has 1 aliphatic rings. The van der Waals surface area contributed by atoms with Gasteiger partial charge in [0.2, 0.25) is 0 Å². The van der Waals surface area contributed by atoms with E-state index >= 15 is 0 Å². The van der Waals surface area contributed by atoms with Gasteiger partial charge in [-0.3, -0.25) is 10.1 Å². The van der Waals surface area contributed by atoms with E-state index in [0.717, 1.165) is 10.9 Å². The van der Waals surface area contributed by atoms with Crippen molar-refractivity contribution in [1.29, 1.82) is 0 Å². The molecule has 0 radical (unpaired) electrons. The van der Waals surface area contributed by atoms with Gasteiger partial charge in [0.25, 0.3) is 5.69 Å². The number of hydrogen-bond acceptors (Lipinski definition) is 5. The standard InChI is InChI=1S/C19H23N3O4/c1-19(2,3)26-18(23)21-10-8-13(9-11-21)17-16(22(24)25)12-14-6-4-5-7-15(14)20-17/h4-7,12-13H,8-11H2,1-3H3. The normalized spacial score (nSPS) is 15.9. The Labute approximate surface area is 152 Å². The fraction of sp³-hybridized carbons (Fsp3) is 0.474. The van der Waals surface area contributed by atoms with Crippen LogP contribution in [0.4, 0.5) is 10.5 Å². The second-order valence-corrected chi connectivity index (χ2v) is 7.58. The van der Waals surface area contributed by atoms with Crippen LogP contribution in [0.3, 0.4) is 0 Å². The first-order chi connectivity index (χ1) is 12.2. The van der Waals surface area contributed by atoms with Crippen LogP contribution < -0.4 is 0 Å². The minimum atomic E-state index is -0.535. The molecule has 1 aliphatic heterocycles. The molecule has 1 fully saturated rings. The highest BCUT2D eigenvalue weighted by Crippen LogP contribution is 2.35. The topological polar surface area (TPSA) is 85.6 Å². The molecular weight excluding hydrogens is 334 g/mol. The van der Waals surface area contributed by atoms with Gasteiger partial charge in [-0.25, -0.2) is 9.78 Å². The number of ether oxygens (including phenoxy) is 1. The highest BCUT2D eigenvalue weighted by Gasteiger charge is 2.31. The van der Waals surface area contributed by atoms with E-state index < -0.39 is 5.60 Å². The van der Waals surface area contributed by atoms with E-state index in [1.54, 1.807) is 11.0 Å². The van der Waals surface area contributed by atoms with Gasteiger partial charge in [0.15, 0.2) is 0 Å². The van der Waals surface area contributed by atoms with Crippen molar-refractivity contribution in [3.05, 3.63) is 46.1 Å². The highest BCUT2D eigenvalue weighted by molar-refractivity contribution is 5.81. The monoisotopic (exact) mass is 357 g/mol. The number of hydrogen-bond donors (Lipinski definition) is 0. The van der Waals surface area contributed by atoms with E-state index in [1.807, 2.05) is 45.0 Å². The molecule has 0 bridgehead atoms. The third-order valence-corrected chi connectivity index (χ3v) is 4.46. The molecule has 1 amide bonds. The molecule has 0 aliphatic carbocycles. The second kappa shape index (κ2) is 6.90. The third-order valence-electron chi connectivity index (χ3n) is 4.46. The quantitative estimate of drug-likeness (QED) is 0.592. The zero-order chi connectivity index (χ0) is 18.9. The summed E-state index contributed by atoms with van der Waals surface area (Å²) in [6.07, 6.45) is 0.925. The van der Waals surface area contributed by atoms with Gasteiger partial charge in [-0.05, 0) is 39.7 Å². The zero-order valence-electron chi connectivity index (χ0n) is 15.3. The van der Waals surface area contributed by atoms with Crippen LogP contribution in [0, 0.1) is 10.1 Å². The number of para-hydroxylation sites is 1. The van der Waals surface area contributed by atoms with Crippen LogP contribution in [0.15, 0.2) is 30.3 Å². The minimum absolute atomic E-state index is 0.0429. The largest absolute Gasteiger partial charge is 0.444 e. The number of pyridine rings is 1. The first kappa shape index (κ1) is 18.1. The number of benzene rings is 1. The molecule has 26 heavy (non-hydrogen) atoms. The average molecular weight is 357 g/mol. The predicted molar refractivity (Wildman–Crippen MR) is 98.2 cm³/mol. The van der Waals surface area contributed by atoms with E-state index in [-0.39, 0.29) is 22.6 Å². The van der Waals surface area contributed by atoms with Gasteiger partial charge in [0.05, 0.1) is 10.4 Å². The predicted octanol–water partition coefficient (Wildman–Crippen LogP) is 4.26. The summed E-state index contributed by atoms with van der Waals surface area (Å²) in [6.45, 7) is 6.51.